The lowest BCUT2D eigenvalue weighted by Crippen LogP contribution is -2.42. The SMILES string of the molecule is CC.CCNC(=O)Nc1ccc(-c2nc3c(c(N4CCOCC4)n2)CCN(C(=O)C2CCOC2)C3)cc1. The molecule has 1 unspecified atom stereocenters. The van der Waals surface area contributed by atoms with Gasteiger partial charge < -0.3 is 29.9 Å². The number of rotatable bonds is 5. The predicted molar refractivity (Wildman–Crippen MR) is 143 cm³/mol. The van der Waals surface area contributed by atoms with Gasteiger partial charge in [-0.25, -0.2) is 14.8 Å². The van der Waals surface area contributed by atoms with Crippen molar-refractivity contribution in [2.24, 2.45) is 5.92 Å². The number of urea groups is 1. The fraction of sp³-hybridized carbons (Fsp3) is 0.556. The largest absolute Gasteiger partial charge is 0.381 e. The zero-order chi connectivity index (χ0) is 26.2. The van der Waals surface area contributed by atoms with E-state index in [0.29, 0.717) is 57.6 Å². The molecule has 200 valence electrons. The Morgan fingerprint density at radius 2 is 1.78 bits per heavy atom. The van der Waals surface area contributed by atoms with Gasteiger partial charge in [0, 0.05) is 49.6 Å². The maximum atomic E-state index is 13.1. The van der Waals surface area contributed by atoms with Crippen molar-refractivity contribution in [3.05, 3.63) is 35.5 Å². The van der Waals surface area contributed by atoms with Gasteiger partial charge in [-0.2, -0.15) is 0 Å². The summed E-state index contributed by atoms with van der Waals surface area (Å²) in [6.07, 6.45) is 1.52. The zero-order valence-corrected chi connectivity index (χ0v) is 22.1. The van der Waals surface area contributed by atoms with Crippen LogP contribution >= 0.6 is 0 Å². The van der Waals surface area contributed by atoms with Gasteiger partial charge in [0.1, 0.15) is 5.82 Å². The van der Waals surface area contributed by atoms with E-state index >= 15 is 0 Å². The number of benzene rings is 1. The summed E-state index contributed by atoms with van der Waals surface area (Å²) in [5, 5.41) is 5.53. The van der Waals surface area contributed by atoms with Crippen LogP contribution in [0, 0.1) is 5.92 Å². The summed E-state index contributed by atoms with van der Waals surface area (Å²) in [7, 11) is 0. The standard InChI is InChI=1S/C25H32N6O4.C2H6/c1-2-26-25(33)27-19-5-3-17(4-6-19)22-28-21-15-31(24(32)18-8-12-35-16-18)9-7-20(21)23(29-22)30-10-13-34-14-11-30;1-2/h3-6,18H,2,7-16H2,1H3,(H2,26,27,33);1-2H3. The monoisotopic (exact) mass is 510 g/mol. The maximum Gasteiger partial charge on any atom is 0.319 e. The first-order valence-electron chi connectivity index (χ1n) is 13.4. The van der Waals surface area contributed by atoms with Gasteiger partial charge in [0.05, 0.1) is 38.0 Å². The van der Waals surface area contributed by atoms with E-state index in [-0.39, 0.29) is 17.9 Å². The Morgan fingerprint density at radius 3 is 2.46 bits per heavy atom. The van der Waals surface area contributed by atoms with Crippen LogP contribution in [-0.4, -0.2) is 79.4 Å². The molecule has 0 saturated carbocycles. The van der Waals surface area contributed by atoms with Crippen molar-refractivity contribution >= 4 is 23.4 Å². The highest BCUT2D eigenvalue weighted by Gasteiger charge is 2.32. The number of hydrogen-bond acceptors (Lipinski definition) is 7. The molecule has 2 aromatic rings. The van der Waals surface area contributed by atoms with E-state index < -0.39 is 0 Å². The van der Waals surface area contributed by atoms with Crippen LogP contribution in [0.5, 0.6) is 0 Å². The second-order valence-electron chi connectivity index (χ2n) is 9.03. The van der Waals surface area contributed by atoms with Gasteiger partial charge in [-0.1, -0.05) is 13.8 Å². The van der Waals surface area contributed by atoms with Gasteiger partial charge in [0.2, 0.25) is 5.91 Å². The molecule has 2 fully saturated rings. The van der Waals surface area contributed by atoms with Gasteiger partial charge in [-0.05, 0) is 44.0 Å². The molecular formula is C27H38N6O4. The van der Waals surface area contributed by atoms with Crippen molar-refractivity contribution in [2.75, 3.05) is 62.8 Å². The van der Waals surface area contributed by atoms with Crippen LogP contribution in [0.3, 0.4) is 0 Å². The van der Waals surface area contributed by atoms with E-state index in [0.717, 1.165) is 48.6 Å². The van der Waals surface area contributed by atoms with E-state index in [9.17, 15) is 9.59 Å². The lowest BCUT2D eigenvalue weighted by Gasteiger charge is -2.35. The summed E-state index contributed by atoms with van der Waals surface area (Å²) in [5.74, 6) is 1.66. The Morgan fingerprint density at radius 1 is 1.03 bits per heavy atom. The molecule has 3 aliphatic rings. The Balaban J connectivity index is 0.00000156. The molecule has 0 spiro atoms. The summed E-state index contributed by atoms with van der Waals surface area (Å²) < 4.78 is 11.0. The normalized spacial score (nSPS) is 18.9. The lowest BCUT2D eigenvalue weighted by molar-refractivity contribution is -0.136. The summed E-state index contributed by atoms with van der Waals surface area (Å²) in [5.41, 5.74) is 3.58. The molecular weight excluding hydrogens is 472 g/mol. The Labute approximate surface area is 218 Å². The highest BCUT2D eigenvalue weighted by atomic mass is 16.5. The molecule has 2 saturated heterocycles. The van der Waals surface area contributed by atoms with E-state index in [2.05, 4.69) is 15.5 Å². The van der Waals surface area contributed by atoms with Crippen molar-refractivity contribution in [1.82, 2.24) is 20.2 Å². The lowest BCUT2D eigenvalue weighted by atomic mass is 10.0. The van der Waals surface area contributed by atoms with E-state index in [1.807, 2.05) is 49.9 Å². The van der Waals surface area contributed by atoms with Crippen LogP contribution in [0.15, 0.2) is 24.3 Å². The zero-order valence-electron chi connectivity index (χ0n) is 22.1. The van der Waals surface area contributed by atoms with Crippen molar-refractivity contribution in [2.45, 2.75) is 40.2 Å². The summed E-state index contributed by atoms with van der Waals surface area (Å²) in [4.78, 5) is 39.0. The van der Waals surface area contributed by atoms with Gasteiger partial charge in [-0.15, -0.1) is 0 Å². The molecule has 1 atom stereocenters. The first-order chi connectivity index (χ1) is 18.1. The number of morpholine rings is 1. The third kappa shape index (κ3) is 6.37. The topological polar surface area (TPSA) is 109 Å². The predicted octanol–water partition coefficient (Wildman–Crippen LogP) is 3.07. The van der Waals surface area contributed by atoms with E-state index in [1.165, 1.54) is 0 Å². The minimum absolute atomic E-state index is 0.0541. The molecule has 3 amide bonds. The van der Waals surface area contributed by atoms with E-state index in [4.69, 9.17) is 19.4 Å². The highest BCUT2D eigenvalue weighted by Crippen LogP contribution is 2.31. The molecule has 3 aliphatic heterocycles. The number of fused-ring (bicyclic) bond motifs is 1. The van der Waals surface area contributed by atoms with Crippen LogP contribution in [0.1, 0.15) is 38.4 Å². The molecule has 0 bridgehead atoms. The number of nitrogens with zero attached hydrogens (tertiary/aromatic N) is 4. The molecule has 0 aliphatic carbocycles. The number of aromatic nitrogens is 2. The minimum atomic E-state index is -0.239. The quantitative estimate of drug-likeness (QED) is 0.636. The van der Waals surface area contributed by atoms with Crippen LogP contribution < -0.4 is 15.5 Å². The van der Waals surface area contributed by atoms with Gasteiger partial charge >= 0.3 is 6.03 Å². The second-order valence-corrected chi connectivity index (χ2v) is 9.03. The number of carbonyl (C=O) groups is 2. The van der Waals surface area contributed by atoms with Crippen LogP contribution in [0.4, 0.5) is 16.3 Å². The fourth-order valence-electron chi connectivity index (χ4n) is 4.79. The number of anilines is 2. The maximum absolute atomic E-state index is 13.1. The molecule has 10 heteroatoms. The van der Waals surface area contributed by atoms with E-state index in [1.54, 1.807) is 0 Å². The second kappa shape index (κ2) is 12.8. The van der Waals surface area contributed by atoms with Crippen molar-refractivity contribution in [3.8, 4) is 11.4 Å². The molecule has 0 radical (unpaired) electrons. The average Bonchev–Trinajstić information content (AvgIpc) is 3.49. The van der Waals surface area contributed by atoms with Crippen molar-refractivity contribution in [1.29, 1.82) is 0 Å². The Kier molecular flexibility index (Phi) is 9.29. The molecule has 1 aromatic heterocycles. The summed E-state index contributed by atoms with van der Waals surface area (Å²) in [6, 6.07) is 7.27. The third-order valence-corrected chi connectivity index (χ3v) is 6.68. The average molecular weight is 511 g/mol. The first kappa shape index (κ1) is 26.8. The van der Waals surface area contributed by atoms with Crippen molar-refractivity contribution in [3.63, 3.8) is 0 Å². The Bertz CT molecular complexity index is 1070. The fourth-order valence-corrected chi connectivity index (χ4v) is 4.79. The Hall–Kier alpha value is -3.24. The summed E-state index contributed by atoms with van der Waals surface area (Å²) >= 11 is 0. The van der Waals surface area contributed by atoms with Crippen molar-refractivity contribution < 1.29 is 19.1 Å². The number of nitrogens with one attached hydrogen (secondary N) is 2. The highest BCUT2D eigenvalue weighted by molar-refractivity contribution is 5.89. The van der Waals surface area contributed by atoms with Crippen LogP contribution in [-0.2, 0) is 27.2 Å². The minimum Gasteiger partial charge on any atom is -0.381 e. The third-order valence-electron chi connectivity index (χ3n) is 6.68. The molecule has 2 N–H and O–H groups in total. The van der Waals surface area contributed by atoms with Crippen LogP contribution in [0.2, 0.25) is 0 Å². The van der Waals surface area contributed by atoms with Gasteiger partial charge in [0.25, 0.3) is 0 Å². The molecule has 4 heterocycles. The number of amides is 3. The number of ether oxygens (including phenoxy) is 2. The number of hydrogen-bond donors (Lipinski definition) is 2. The smallest absolute Gasteiger partial charge is 0.319 e. The van der Waals surface area contributed by atoms with Gasteiger partial charge in [0.15, 0.2) is 5.82 Å². The number of carbonyl (C=O) groups excluding carboxylic acids is 2. The molecule has 10 nitrogen and oxygen atoms in total. The first-order valence-corrected chi connectivity index (χ1v) is 13.4. The summed E-state index contributed by atoms with van der Waals surface area (Å²) in [6.45, 7) is 11.6. The molecule has 1 aromatic carbocycles. The molecule has 5 rings (SSSR count). The van der Waals surface area contributed by atoms with Crippen LogP contribution in [0.25, 0.3) is 11.4 Å². The van der Waals surface area contributed by atoms with Gasteiger partial charge in [-0.3, -0.25) is 4.79 Å². The molecule has 37 heavy (non-hydrogen) atoms.